The second-order valence-electron chi connectivity index (χ2n) is 3.56. The Kier molecular flexibility index (Phi) is 6.95. The standard InChI is InChI=1S/C12H12Cl3NO3S/c1-2-19-11(18)16-10(12(13,14)15)20-9(17)8-6-4-3-5-7-8/h3-7,10H,2H2,1H3,(H,16,18)/t10-/m0/s1. The van der Waals surface area contributed by atoms with E-state index in [0.717, 1.165) is 0 Å². The minimum absolute atomic E-state index is 0.176. The number of thioether (sulfide) groups is 1. The molecule has 0 aliphatic rings. The predicted octanol–water partition coefficient (Wildman–Crippen LogP) is 4.00. The molecule has 4 nitrogen and oxygen atoms in total. The van der Waals surface area contributed by atoms with Gasteiger partial charge in [0.1, 0.15) is 5.37 Å². The summed E-state index contributed by atoms with van der Waals surface area (Å²) in [6, 6.07) is 8.49. The molecular formula is C12H12Cl3NO3S. The third kappa shape index (κ3) is 5.79. The smallest absolute Gasteiger partial charge is 0.408 e. The molecule has 1 amide bonds. The number of halogens is 3. The van der Waals surface area contributed by atoms with Crippen LogP contribution < -0.4 is 5.32 Å². The van der Waals surface area contributed by atoms with Gasteiger partial charge in [0, 0.05) is 5.56 Å². The van der Waals surface area contributed by atoms with Crippen LogP contribution >= 0.6 is 46.6 Å². The highest BCUT2D eigenvalue weighted by Crippen LogP contribution is 2.37. The number of alkyl carbamates (subject to hydrolysis) is 1. The van der Waals surface area contributed by atoms with Crippen molar-refractivity contribution in [2.75, 3.05) is 6.61 Å². The van der Waals surface area contributed by atoms with Crippen LogP contribution in [0.3, 0.4) is 0 Å². The van der Waals surface area contributed by atoms with Crippen molar-refractivity contribution in [1.29, 1.82) is 0 Å². The van der Waals surface area contributed by atoms with E-state index < -0.39 is 15.3 Å². The highest BCUT2D eigenvalue weighted by atomic mass is 35.6. The van der Waals surface area contributed by atoms with Crippen molar-refractivity contribution in [2.24, 2.45) is 0 Å². The lowest BCUT2D eigenvalue weighted by molar-refractivity contribution is 0.108. The van der Waals surface area contributed by atoms with Gasteiger partial charge >= 0.3 is 6.09 Å². The second kappa shape index (κ2) is 7.98. The molecule has 0 saturated carbocycles. The van der Waals surface area contributed by atoms with Gasteiger partial charge in [-0.3, -0.25) is 4.79 Å². The summed E-state index contributed by atoms with van der Waals surface area (Å²) in [6.07, 6.45) is -0.753. The van der Waals surface area contributed by atoms with Crippen LogP contribution in [-0.4, -0.2) is 27.0 Å². The third-order valence-corrected chi connectivity index (χ3v) is 4.26. The van der Waals surface area contributed by atoms with Gasteiger partial charge in [-0.25, -0.2) is 4.79 Å². The molecule has 0 aromatic heterocycles. The maximum Gasteiger partial charge on any atom is 0.408 e. The summed E-state index contributed by atoms with van der Waals surface area (Å²) < 4.78 is 2.86. The first kappa shape index (κ1) is 17.4. The quantitative estimate of drug-likeness (QED) is 0.654. The molecule has 0 fully saturated rings. The number of rotatable bonds is 4. The maximum absolute atomic E-state index is 12.0. The van der Waals surface area contributed by atoms with E-state index >= 15 is 0 Å². The number of hydrogen-bond donors (Lipinski definition) is 1. The zero-order chi connectivity index (χ0) is 15.2. The Balaban J connectivity index is 2.75. The lowest BCUT2D eigenvalue weighted by Gasteiger charge is -2.23. The molecule has 0 aliphatic heterocycles. The molecule has 1 atom stereocenters. The summed E-state index contributed by atoms with van der Waals surface area (Å²) in [5.74, 6) is 0. The average molecular weight is 357 g/mol. The Morgan fingerprint density at radius 1 is 1.30 bits per heavy atom. The molecule has 0 bridgehead atoms. The summed E-state index contributed by atoms with van der Waals surface area (Å²) in [5.41, 5.74) is 0.447. The molecule has 0 aliphatic carbocycles. The molecule has 1 aromatic rings. The van der Waals surface area contributed by atoms with Gasteiger partial charge in [0.15, 0.2) is 0 Å². The van der Waals surface area contributed by atoms with Gasteiger partial charge < -0.3 is 10.1 Å². The highest BCUT2D eigenvalue weighted by molar-refractivity contribution is 8.14. The van der Waals surface area contributed by atoms with E-state index in [1.54, 1.807) is 37.3 Å². The fourth-order valence-corrected chi connectivity index (χ4v) is 2.55. The van der Waals surface area contributed by atoms with E-state index in [1.807, 2.05) is 0 Å². The molecule has 1 rings (SSSR count). The van der Waals surface area contributed by atoms with Crippen LogP contribution in [0.15, 0.2) is 30.3 Å². The number of carbonyl (C=O) groups excluding carboxylic acids is 2. The van der Waals surface area contributed by atoms with E-state index in [2.05, 4.69) is 5.32 Å². The van der Waals surface area contributed by atoms with Crippen LogP contribution in [0.4, 0.5) is 4.79 Å². The number of benzene rings is 1. The summed E-state index contributed by atoms with van der Waals surface area (Å²) in [4.78, 5) is 23.4. The molecule has 0 unspecified atom stereocenters. The Hall–Kier alpha value is -0.620. The van der Waals surface area contributed by atoms with Crippen molar-refractivity contribution in [3.8, 4) is 0 Å². The normalized spacial score (nSPS) is 12.6. The predicted molar refractivity (Wildman–Crippen MR) is 82.6 cm³/mol. The fraction of sp³-hybridized carbons (Fsp3) is 0.333. The van der Waals surface area contributed by atoms with Gasteiger partial charge in [-0.15, -0.1) is 0 Å². The van der Waals surface area contributed by atoms with Crippen LogP contribution in [0.1, 0.15) is 17.3 Å². The molecule has 20 heavy (non-hydrogen) atoms. The first-order valence-corrected chi connectivity index (χ1v) is 7.62. The molecule has 0 spiro atoms. The number of amides is 1. The van der Waals surface area contributed by atoms with E-state index in [4.69, 9.17) is 39.5 Å². The first-order chi connectivity index (χ1) is 9.34. The van der Waals surface area contributed by atoms with Crippen LogP contribution in [0.25, 0.3) is 0 Å². The zero-order valence-corrected chi connectivity index (χ0v) is 13.5. The number of nitrogens with one attached hydrogen (secondary N) is 1. The average Bonchev–Trinajstić information content (AvgIpc) is 2.38. The Morgan fingerprint density at radius 2 is 1.90 bits per heavy atom. The fourth-order valence-electron chi connectivity index (χ4n) is 1.21. The number of ether oxygens (including phenoxy) is 1. The first-order valence-electron chi connectivity index (χ1n) is 5.60. The van der Waals surface area contributed by atoms with Crippen molar-refractivity contribution < 1.29 is 14.3 Å². The minimum Gasteiger partial charge on any atom is -0.450 e. The molecule has 0 saturated heterocycles. The van der Waals surface area contributed by atoms with E-state index in [0.29, 0.717) is 17.3 Å². The Morgan fingerprint density at radius 3 is 2.40 bits per heavy atom. The van der Waals surface area contributed by atoms with Gasteiger partial charge in [-0.05, 0) is 6.92 Å². The molecule has 8 heteroatoms. The van der Waals surface area contributed by atoms with Crippen LogP contribution in [0.5, 0.6) is 0 Å². The molecule has 110 valence electrons. The minimum atomic E-state index is -1.85. The van der Waals surface area contributed by atoms with Crippen molar-refractivity contribution in [3.05, 3.63) is 35.9 Å². The molecular weight excluding hydrogens is 345 g/mol. The summed E-state index contributed by atoms with van der Waals surface area (Å²) in [5, 5.41) is 0.967. The summed E-state index contributed by atoms with van der Waals surface area (Å²) in [7, 11) is 0. The van der Waals surface area contributed by atoms with E-state index in [-0.39, 0.29) is 11.7 Å². The highest BCUT2D eigenvalue weighted by Gasteiger charge is 2.37. The third-order valence-electron chi connectivity index (χ3n) is 2.06. The molecule has 1 aromatic carbocycles. The number of alkyl halides is 3. The van der Waals surface area contributed by atoms with Gasteiger partial charge in [0.2, 0.25) is 8.91 Å². The van der Waals surface area contributed by atoms with E-state index in [1.165, 1.54) is 0 Å². The van der Waals surface area contributed by atoms with Crippen molar-refractivity contribution in [1.82, 2.24) is 5.32 Å². The van der Waals surface area contributed by atoms with Gasteiger partial charge in [0.25, 0.3) is 0 Å². The second-order valence-corrected chi connectivity index (χ2v) is 7.00. The zero-order valence-electron chi connectivity index (χ0n) is 10.4. The SMILES string of the molecule is CCOC(=O)N[C@@H](SC(=O)c1ccccc1)C(Cl)(Cl)Cl. The van der Waals surface area contributed by atoms with Crippen molar-refractivity contribution in [2.45, 2.75) is 16.1 Å². The molecule has 0 heterocycles. The monoisotopic (exact) mass is 355 g/mol. The lowest BCUT2D eigenvalue weighted by Crippen LogP contribution is -2.42. The van der Waals surface area contributed by atoms with Crippen LogP contribution in [-0.2, 0) is 4.74 Å². The Labute approximate surface area is 136 Å². The van der Waals surface area contributed by atoms with Crippen molar-refractivity contribution in [3.63, 3.8) is 0 Å². The van der Waals surface area contributed by atoms with Gasteiger partial charge in [-0.1, -0.05) is 76.9 Å². The van der Waals surface area contributed by atoms with Gasteiger partial charge in [0.05, 0.1) is 6.61 Å². The lowest BCUT2D eigenvalue weighted by atomic mass is 10.2. The van der Waals surface area contributed by atoms with Gasteiger partial charge in [-0.2, -0.15) is 0 Å². The van der Waals surface area contributed by atoms with E-state index in [9.17, 15) is 9.59 Å². The number of hydrogen-bond acceptors (Lipinski definition) is 4. The molecule has 0 radical (unpaired) electrons. The van der Waals surface area contributed by atoms with Crippen molar-refractivity contribution >= 4 is 57.8 Å². The summed E-state index contributed by atoms with van der Waals surface area (Å²) >= 11 is 18.0. The number of carbonyl (C=O) groups is 2. The topological polar surface area (TPSA) is 55.4 Å². The van der Waals surface area contributed by atoms with Crippen LogP contribution in [0.2, 0.25) is 0 Å². The molecule has 1 N–H and O–H groups in total. The largest absolute Gasteiger partial charge is 0.450 e. The Bertz CT molecular complexity index is 465. The summed E-state index contributed by atoms with van der Waals surface area (Å²) in [6.45, 7) is 1.82. The van der Waals surface area contributed by atoms with Crippen LogP contribution in [0, 0.1) is 0 Å². The maximum atomic E-state index is 12.0.